The zero-order valence-corrected chi connectivity index (χ0v) is 22.5. The van der Waals surface area contributed by atoms with Crippen LogP contribution >= 0.6 is 11.6 Å². The molecular weight excluding hydrogens is 530 g/mol. The van der Waals surface area contributed by atoms with E-state index in [1.165, 1.54) is 10.8 Å². The van der Waals surface area contributed by atoms with Crippen molar-refractivity contribution < 1.29 is 18.6 Å². The van der Waals surface area contributed by atoms with Crippen molar-refractivity contribution in [3.05, 3.63) is 39.8 Å². The molecular formula is C27H31ClF2N6O3. The number of halogens is 3. The van der Waals surface area contributed by atoms with E-state index in [1.807, 2.05) is 4.90 Å². The number of hydrogen-bond acceptors (Lipinski definition) is 8. The zero-order valence-electron chi connectivity index (χ0n) is 21.8. The van der Waals surface area contributed by atoms with Crippen molar-refractivity contribution in [2.45, 2.75) is 38.2 Å². The molecule has 12 heteroatoms. The van der Waals surface area contributed by atoms with Crippen molar-refractivity contribution in [1.29, 1.82) is 0 Å². The first-order valence-corrected chi connectivity index (χ1v) is 13.6. The van der Waals surface area contributed by atoms with Crippen LogP contribution in [-0.2, 0) is 7.05 Å². The average Bonchev–Trinajstić information content (AvgIpc) is 3.75. The van der Waals surface area contributed by atoms with Gasteiger partial charge < -0.3 is 29.9 Å². The Morgan fingerprint density at radius 2 is 2.10 bits per heavy atom. The van der Waals surface area contributed by atoms with Crippen molar-refractivity contribution in [3.8, 4) is 5.75 Å². The minimum Gasteiger partial charge on any atom is -0.480 e. The van der Waals surface area contributed by atoms with E-state index in [2.05, 4.69) is 27.5 Å². The fourth-order valence-corrected chi connectivity index (χ4v) is 5.94. The number of nitrogens with one attached hydrogen (secondary N) is 2. The smallest absolute Gasteiger partial charge is 0.301 e. The normalized spacial score (nSPS) is 24.5. The Bertz CT molecular complexity index is 1480. The van der Waals surface area contributed by atoms with Crippen LogP contribution in [0.5, 0.6) is 5.75 Å². The lowest BCUT2D eigenvalue weighted by atomic mass is 9.91. The third-order valence-electron chi connectivity index (χ3n) is 7.89. The Kier molecular flexibility index (Phi) is 6.53. The highest BCUT2D eigenvalue weighted by molar-refractivity contribution is 6.32. The maximum absolute atomic E-state index is 14.9. The van der Waals surface area contributed by atoms with Gasteiger partial charge in [-0.2, -0.15) is 4.98 Å². The van der Waals surface area contributed by atoms with Crippen LogP contribution in [-0.4, -0.2) is 57.9 Å². The Morgan fingerprint density at radius 1 is 1.31 bits per heavy atom. The topological polar surface area (TPSA) is 105 Å². The monoisotopic (exact) mass is 560 g/mol. The van der Waals surface area contributed by atoms with Crippen molar-refractivity contribution in [2.75, 3.05) is 41.8 Å². The first kappa shape index (κ1) is 26.1. The molecule has 1 saturated carbocycles. The first-order valence-electron chi connectivity index (χ1n) is 13.2. The van der Waals surface area contributed by atoms with Gasteiger partial charge in [-0.15, -0.1) is 0 Å². The van der Waals surface area contributed by atoms with Crippen LogP contribution in [0.25, 0.3) is 10.9 Å². The summed E-state index contributed by atoms with van der Waals surface area (Å²) < 4.78 is 36.7. The second-order valence-corrected chi connectivity index (χ2v) is 11.5. The summed E-state index contributed by atoms with van der Waals surface area (Å²) in [5, 5.41) is 16.8. The van der Waals surface area contributed by atoms with Gasteiger partial charge in [0.05, 0.1) is 23.4 Å². The summed E-state index contributed by atoms with van der Waals surface area (Å²) in [6, 6.07) is 4.20. The number of fused-ring (bicyclic) bond motifs is 3. The van der Waals surface area contributed by atoms with Crippen molar-refractivity contribution in [1.82, 2.24) is 14.5 Å². The molecule has 2 aromatic heterocycles. The van der Waals surface area contributed by atoms with Gasteiger partial charge in [-0.1, -0.05) is 18.5 Å². The fourth-order valence-electron chi connectivity index (χ4n) is 5.80. The maximum Gasteiger partial charge on any atom is 0.301 e. The summed E-state index contributed by atoms with van der Waals surface area (Å²) in [5.41, 5.74) is 0.985. The molecule has 1 saturated heterocycles. The van der Waals surface area contributed by atoms with Gasteiger partial charge in [0.2, 0.25) is 11.7 Å². The number of anilines is 4. The van der Waals surface area contributed by atoms with E-state index in [9.17, 15) is 18.7 Å². The van der Waals surface area contributed by atoms with E-state index in [0.29, 0.717) is 58.7 Å². The molecule has 0 bridgehead atoms. The van der Waals surface area contributed by atoms with Gasteiger partial charge in [0.25, 0.3) is 5.56 Å². The molecule has 2 fully saturated rings. The van der Waals surface area contributed by atoms with Crippen molar-refractivity contribution >= 4 is 45.6 Å². The number of piperidine rings is 1. The Hall–Kier alpha value is -3.18. The molecule has 0 spiro atoms. The molecule has 39 heavy (non-hydrogen) atoms. The summed E-state index contributed by atoms with van der Waals surface area (Å²) in [5.74, 6) is -1.96. The number of alkyl halides is 2. The van der Waals surface area contributed by atoms with E-state index in [-0.39, 0.29) is 29.9 Å². The number of pyridine rings is 1. The summed E-state index contributed by atoms with van der Waals surface area (Å²) in [7, 11) is 1.59. The molecule has 0 radical (unpaired) electrons. The first-order chi connectivity index (χ1) is 18.6. The van der Waals surface area contributed by atoms with Gasteiger partial charge in [-0.05, 0) is 55.2 Å². The number of aryl methyl sites for hydroxylation is 1. The van der Waals surface area contributed by atoms with Gasteiger partial charge >= 0.3 is 5.92 Å². The van der Waals surface area contributed by atoms with Crippen molar-refractivity contribution in [3.63, 3.8) is 0 Å². The van der Waals surface area contributed by atoms with Crippen LogP contribution < -0.4 is 25.8 Å². The van der Waals surface area contributed by atoms with E-state index >= 15 is 0 Å². The number of benzene rings is 1. The number of nitrogens with zero attached hydrogens (tertiary/aromatic N) is 4. The molecule has 3 N–H and O–H groups in total. The summed E-state index contributed by atoms with van der Waals surface area (Å²) in [6.45, 7) is 2.81. The van der Waals surface area contributed by atoms with Crippen LogP contribution in [0.3, 0.4) is 0 Å². The minimum atomic E-state index is -3.11. The molecule has 0 amide bonds. The largest absolute Gasteiger partial charge is 0.480 e. The molecule has 2 aliphatic heterocycles. The predicted octanol–water partition coefficient (Wildman–Crippen LogP) is 4.40. The van der Waals surface area contributed by atoms with Crippen LogP contribution in [0.4, 0.5) is 31.9 Å². The number of aliphatic hydroxyl groups is 1. The SMILES string of the molecule is C[C@@H]1C[C@H](CO)CN(c2ncc(Cl)c(Nc3ccc4c(c3)c3c(c(=O)n4C)OCC(F)(F)[C@H](C4CC4)N3)n2)C1. The van der Waals surface area contributed by atoms with E-state index in [1.54, 1.807) is 25.2 Å². The van der Waals surface area contributed by atoms with E-state index in [0.717, 1.165) is 13.0 Å². The zero-order chi connectivity index (χ0) is 27.5. The van der Waals surface area contributed by atoms with Gasteiger partial charge in [-0.3, -0.25) is 4.79 Å². The number of aromatic nitrogens is 3. The second kappa shape index (κ2) is 9.78. The number of hydrogen-bond donors (Lipinski definition) is 3. The fraction of sp³-hybridized carbons (Fsp3) is 0.519. The van der Waals surface area contributed by atoms with Gasteiger partial charge in [-0.25, -0.2) is 13.8 Å². The average molecular weight is 561 g/mol. The van der Waals surface area contributed by atoms with Gasteiger partial charge in [0, 0.05) is 37.8 Å². The lowest BCUT2D eigenvalue weighted by Crippen LogP contribution is -2.44. The number of aliphatic hydroxyl groups excluding tert-OH is 1. The second-order valence-electron chi connectivity index (χ2n) is 11.1. The van der Waals surface area contributed by atoms with Crippen LogP contribution in [0.1, 0.15) is 26.2 Å². The summed E-state index contributed by atoms with van der Waals surface area (Å²) >= 11 is 6.46. The Morgan fingerprint density at radius 3 is 2.85 bits per heavy atom. The summed E-state index contributed by atoms with van der Waals surface area (Å²) in [4.78, 5) is 24.2. The third kappa shape index (κ3) is 4.86. The molecule has 3 aliphatic rings. The Labute approximate surface area is 229 Å². The maximum atomic E-state index is 14.9. The van der Waals surface area contributed by atoms with Crippen LogP contribution in [0.15, 0.2) is 29.2 Å². The highest BCUT2D eigenvalue weighted by atomic mass is 35.5. The highest BCUT2D eigenvalue weighted by Crippen LogP contribution is 2.45. The highest BCUT2D eigenvalue weighted by Gasteiger charge is 2.51. The minimum absolute atomic E-state index is 0.106. The van der Waals surface area contributed by atoms with Gasteiger partial charge in [0.1, 0.15) is 5.02 Å². The Balaban J connectivity index is 1.37. The molecule has 6 rings (SSSR count). The van der Waals surface area contributed by atoms with Crippen molar-refractivity contribution in [2.24, 2.45) is 24.8 Å². The molecule has 9 nitrogen and oxygen atoms in total. The molecule has 4 heterocycles. The quantitative estimate of drug-likeness (QED) is 0.422. The van der Waals surface area contributed by atoms with E-state index in [4.69, 9.17) is 16.3 Å². The molecule has 208 valence electrons. The lowest BCUT2D eigenvalue weighted by molar-refractivity contribution is -0.0579. The third-order valence-corrected chi connectivity index (χ3v) is 8.17. The van der Waals surface area contributed by atoms with Crippen LogP contribution in [0, 0.1) is 17.8 Å². The number of rotatable bonds is 5. The van der Waals surface area contributed by atoms with Gasteiger partial charge in [0.15, 0.2) is 12.4 Å². The standard InChI is InChI=1S/C27H31ClF2N6O3/c1-14-7-15(12-37)11-36(10-14)26-31-9-19(28)24(34-26)32-17-5-6-20-18(8-17)21-22(25(38)35(20)2)39-13-27(29,30)23(33-21)16-3-4-16/h5-6,8-9,14-16,23,33,37H,3-4,7,10-13H2,1-2H3,(H,31,32,34)/t14-,15+,23+/m1/s1. The number of ether oxygens (including phenoxy) is 1. The lowest BCUT2D eigenvalue weighted by Gasteiger charge is -2.35. The summed E-state index contributed by atoms with van der Waals surface area (Å²) in [6.07, 6.45) is 3.90. The molecule has 1 aromatic carbocycles. The predicted molar refractivity (Wildman–Crippen MR) is 147 cm³/mol. The molecule has 3 atom stereocenters. The molecule has 1 aliphatic carbocycles. The van der Waals surface area contributed by atoms with Crippen LogP contribution in [0.2, 0.25) is 5.02 Å². The molecule has 0 unspecified atom stereocenters. The molecule has 3 aromatic rings. The van der Waals surface area contributed by atoms with E-state index < -0.39 is 24.1 Å².